The van der Waals surface area contributed by atoms with Crippen LogP contribution in [-0.4, -0.2) is 67.6 Å². The quantitative estimate of drug-likeness (QED) is 0.343. The van der Waals surface area contributed by atoms with E-state index in [0.29, 0.717) is 0 Å². The first kappa shape index (κ1) is 30.6. The van der Waals surface area contributed by atoms with Gasteiger partial charge in [0.1, 0.15) is 0 Å². The van der Waals surface area contributed by atoms with Crippen LogP contribution in [0.2, 0.25) is 0 Å². The molecule has 0 fully saturated rings. The minimum atomic E-state index is 0.749. The molecule has 0 aliphatic heterocycles. The number of likely N-dealkylation sites (N-methyl/N-ethyl adjacent to an activating group) is 1. The summed E-state index contributed by atoms with van der Waals surface area (Å²) in [5.74, 6) is 0. The first-order valence-electron chi connectivity index (χ1n) is 12.4. The smallest absolute Gasteiger partial charge is 0.207 e. The number of carbonyl (C=O) groups is 1. The first-order valence-corrected chi connectivity index (χ1v) is 12.4. The zero-order valence-electron chi connectivity index (χ0n) is 22.4. The molecule has 0 radical (unpaired) electrons. The number of nitrogens with one attached hydrogen (secondary N) is 1. The Labute approximate surface area is 203 Å². The number of rotatable bonds is 12. The molecule has 0 aliphatic carbocycles. The summed E-state index contributed by atoms with van der Waals surface area (Å²) in [4.78, 5) is 14.6. The molecule has 0 bridgehead atoms. The molecular weight excluding hydrogens is 408 g/mol. The van der Waals surface area contributed by atoms with Crippen molar-refractivity contribution >= 4 is 18.1 Å². The van der Waals surface area contributed by atoms with Gasteiger partial charge in [0.05, 0.1) is 0 Å². The predicted molar refractivity (Wildman–Crippen MR) is 146 cm³/mol. The highest BCUT2D eigenvalue weighted by Gasteiger charge is 2.02. The molecule has 1 aromatic carbocycles. The summed E-state index contributed by atoms with van der Waals surface area (Å²) in [6.07, 6.45) is 6.33. The lowest BCUT2D eigenvalue weighted by atomic mass is 10.0. The Morgan fingerprint density at radius 2 is 1.73 bits per heavy atom. The normalized spacial score (nSPS) is 10.9. The fourth-order valence-corrected chi connectivity index (χ4v) is 3.42. The molecule has 1 amide bonds. The van der Waals surface area contributed by atoms with E-state index >= 15 is 0 Å². The molecule has 0 atom stereocenters. The third-order valence-electron chi connectivity index (χ3n) is 5.32. The Morgan fingerprint density at radius 1 is 1.03 bits per heavy atom. The number of amides is 1. The lowest BCUT2D eigenvalue weighted by Crippen LogP contribution is -2.33. The molecule has 2 rings (SSSR count). The Balaban J connectivity index is 0.000000589. The van der Waals surface area contributed by atoms with Crippen LogP contribution in [0.15, 0.2) is 42.6 Å². The molecule has 5 nitrogen and oxygen atoms in total. The minimum absolute atomic E-state index is 0.749. The number of aryl methyl sites for hydroxylation is 2. The van der Waals surface area contributed by atoms with Gasteiger partial charge in [-0.25, -0.2) is 0 Å². The van der Waals surface area contributed by atoms with Gasteiger partial charge >= 0.3 is 0 Å². The highest BCUT2D eigenvalue weighted by Crippen LogP contribution is 2.20. The van der Waals surface area contributed by atoms with Crippen molar-refractivity contribution in [2.24, 2.45) is 0 Å². The van der Waals surface area contributed by atoms with Crippen LogP contribution in [-0.2, 0) is 11.3 Å². The molecule has 1 N–H and O–H groups in total. The number of allylic oxidation sites excluding steroid dienone is 1. The van der Waals surface area contributed by atoms with Gasteiger partial charge in [-0.2, -0.15) is 0 Å². The number of nitrogens with zero attached hydrogens (tertiary/aromatic N) is 3. The van der Waals surface area contributed by atoms with Gasteiger partial charge < -0.3 is 19.7 Å². The molecule has 5 heteroatoms. The second-order valence-corrected chi connectivity index (χ2v) is 8.03. The van der Waals surface area contributed by atoms with E-state index in [9.17, 15) is 4.79 Å². The fourth-order valence-electron chi connectivity index (χ4n) is 3.42. The lowest BCUT2D eigenvalue weighted by molar-refractivity contribution is -0.109. The molecule has 0 saturated heterocycles. The van der Waals surface area contributed by atoms with E-state index in [1.807, 2.05) is 13.8 Å². The third-order valence-corrected chi connectivity index (χ3v) is 5.32. The van der Waals surface area contributed by atoms with E-state index in [1.54, 1.807) is 0 Å². The van der Waals surface area contributed by atoms with Crippen LogP contribution in [0.1, 0.15) is 57.9 Å². The molecule has 0 aliphatic rings. The molecule has 1 heterocycles. The summed E-state index contributed by atoms with van der Waals surface area (Å²) in [6, 6.07) is 12.8. The minimum Gasteiger partial charge on any atom is -0.357 e. The van der Waals surface area contributed by atoms with Crippen molar-refractivity contribution in [3.05, 3.63) is 59.4 Å². The average Bonchev–Trinajstić information content (AvgIpc) is 3.30. The van der Waals surface area contributed by atoms with Crippen LogP contribution in [0.3, 0.4) is 0 Å². The van der Waals surface area contributed by atoms with Gasteiger partial charge in [-0.15, -0.1) is 0 Å². The van der Waals surface area contributed by atoms with Gasteiger partial charge in [0.2, 0.25) is 6.41 Å². The number of aromatic nitrogens is 1. The van der Waals surface area contributed by atoms with Crippen molar-refractivity contribution in [2.75, 3.05) is 46.8 Å². The molecule has 0 unspecified atom stereocenters. The van der Waals surface area contributed by atoms with E-state index in [2.05, 4.69) is 110 Å². The summed E-state index contributed by atoms with van der Waals surface area (Å²) in [7, 11) is 4.18. The summed E-state index contributed by atoms with van der Waals surface area (Å²) < 4.78 is 2.27. The highest BCUT2D eigenvalue weighted by atomic mass is 16.1. The maximum absolute atomic E-state index is 10.0. The van der Waals surface area contributed by atoms with Gasteiger partial charge in [-0.05, 0) is 95.8 Å². The van der Waals surface area contributed by atoms with Crippen LogP contribution < -0.4 is 5.32 Å². The maximum atomic E-state index is 10.0. The Morgan fingerprint density at radius 3 is 2.30 bits per heavy atom. The van der Waals surface area contributed by atoms with Gasteiger partial charge in [-0.1, -0.05) is 45.0 Å². The van der Waals surface area contributed by atoms with Crippen LogP contribution in [0.4, 0.5) is 0 Å². The molecule has 1 aromatic heterocycles. The summed E-state index contributed by atoms with van der Waals surface area (Å²) in [5.41, 5.74) is 5.23. The monoisotopic (exact) mass is 456 g/mol. The molecule has 2 aromatic rings. The Hall–Kier alpha value is -2.37. The summed E-state index contributed by atoms with van der Waals surface area (Å²) in [6.45, 7) is 18.6. The van der Waals surface area contributed by atoms with E-state index in [-0.39, 0.29) is 0 Å². The van der Waals surface area contributed by atoms with Crippen molar-refractivity contribution in [2.45, 2.75) is 54.5 Å². The average molecular weight is 457 g/mol. The van der Waals surface area contributed by atoms with E-state index in [4.69, 9.17) is 0 Å². The zero-order chi connectivity index (χ0) is 25.1. The highest BCUT2D eigenvalue weighted by molar-refractivity contribution is 5.79. The van der Waals surface area contributed by atoms with Crippen LogP contribution in [0.5, 0.6) is 0 Å². The number of hydrogen-bond acceptors (Lipinski definition) is 3. The molecule has 0 spiro atoms. The second-order valence-electron chi connectivity index (χ2n) is 8.03. The van der Waals surface area contributed by atoms with Crippen molar-refractivity contribution in [1.82, 2.24) is 19.7 Å². The number of hydrogen-bond donors (Lipinski definition) is 1. The lowest BCUT2D eigenvalue weighted by Gasteiger charge is -2.20. The summed E-state index contributed by atoms with van der Waals surface area (Å²) >= 11 is 0. The molecule has 0 saturated carbocycles. The fraction of sp³-hybridized carbons (Fsp3) is 0.536. The van der Waals surface area contributed by atoms with E-state index < -0.39 is 0 Å². The topological polar surface area (TPSA) is 40.5 Å². The van der Waals surface area contributed by atoms with Crippen LogP contribution >= 0.6 is 0 Å². The van der Waals surface area contributed by atoms with Crippen molar-refractivity contribution in [3.63, 3.8) is 0 Å². The van der Waals surface area contributed by atoms with Gasteiger partial charge in [0.25, 0.3) is 0 Å². The Bertz CT molecular complexity index is 780. The predicted octanol–water partition coefficient (Wildman–Crippen LogP) is 5.41. The van der Waals surface area contributed by atoms with Gasteiger partial charge in [0, 0.05) is 31.5 Å². The largest absolute Gasteiger partial charge is 0.357 e. The van der Waals surface area contributed by atoms with E-state index in [1.165, 1.54) is 28.8 Å². The van der Waals surface area contributed by atoms with Crippen molar-refractivity contribution in [1.29, 1.82) is 0 Å². The zero-order valence-corrected chi connectivity index (χ0v) is 22.4. The molecule has 33 heavy (non-hydrogen) atoms. The number of carbonyl (C=O) groups excluding carboxylic acids is 1. The van der Waals surface area contributed by atoms with Gasteiger partial charge in [0.15, 0.2) is 0 Å². The SMILES string of the molecule is CC.CCN(CCCN(C)C)CCNC=O.CCn1cccc1/C(C)=C/c1ccccc1C. The Kier molecular flexibility index (Phi) is 17.8. The van der Waals surface area contributed by atoms with E-state index in [0.717, 1.165) is 45.7 Å². The van der Waals surface area contributed by atoms with Crippen LogP contribution in [0.25, 0.3) is 11.6 Å². The van der Waals surface area contributed by atoms with Crippen molar-refractivity contribution in [3.8, 4) is 0 Å². The van der Waals surface area contributed by atoms with Crippen molar-refractivity contribution < 1.29 is 4.79 Å². The number of benzene rings is 1. The maximum Gasteiger partial charge on any atom is 0.207 e. The first-order chi connectivity index (χ1) is 15.9. The van der Waals surface area contributed by atoms with Gasteiger partial charge in [-0.3, -0.25) is 4.79 Å². The molecule has 186 valence electrons. The second kappa shape index (κ2) is 19.1. The standard InChI is InChI=1S/C16H19N.C10H23N3O.C2H6/c1-4-17-11-7-10-16(17)14(3)12-15-9-6-5-8-13(15)2;1-4-13(9-6-11-10-14)8-5-7-12(2)3;1-2/h5-12H,4H2,1-3H3;10H,4-9H2,1-3H3,(H,11,14);1-2H3/b14-12+;;. The third kappa shape index (κ3) is 13.1. The molecular formula is C28H48N4O. The summed E-state index contributed by atoms with van der Waals surface area (Å²) in [5, 5.41) is 2.68. The van der Waals surface area contributed by atoms with Crippen LogP contribution in [0, 0.1) is 6.92 Å².